The molecule has 0 atom stereocenters. The summed E-state index contributed by atoms with van der Waals surface area (Å²) in [7, 11) is 3.30. The normalized spacial score (nSPS) is 17.5. The molecule has 0 unspecified atom stereocenters. The molecular weight excluding hydrogens is 333 g/mol. The van der Waals surface area contributed by atoms with Gasteiger partial charge in [-0.3, -0.25) is 0 Å². The molecule has 0 saturated carbocycles. The van der Waals surface area contributed by atoms with Gasteiger partial charge in [0.2, 0.25) is 0 Å². The van der Waals surface area contributed by atoms with E-state index in [2.05, 4.69) is 29.9 Å². The molecule has 0 spiro atoms. The van der Waals surface area contributed by atoms with Gasteiger partial charge in [-0.15, -0.1) is 0 Å². The van der Waals surface area contributed by atoms with Gasteiger partial charge in [0.25, 0.3) is 0 Å². The van der Waals surface area contributed by atoms with Gasteiger partial charge in [-0.2, -0.15) is 10.4 Å². The number of methoxy groups -OCH3 is 2. The van der Waals surface area contributed by atoms with Crippen LogP contribution >= 0.6 is 0 Å². The molecule has 26 heavy (non-hydrogen) atoms. The zero-order valence-corrected chi connectivity index (χ0v) is 15.5. The van der Waals surface area contributed by atoms with Crippen molar-refractivity contribution in [1.82, 2.24) is 5.43 Å². The Morgan fingerprint density at radius 1 is 1.08 bits per heavy atom. The van der Waals surface area contributed by atoms with Crippen molar-refractivity contribution in [2.24, 2.45) is 0 Å². The molecule has 0 aliphatic carbocycles. The van der Waals surface area contributed by atoms with E-state index in [1.165, 1.54) is 17.7 Å². The fourth-order valence-electron chi connectivity index (χ4n) is 3.75. The van der Waals surface area contributed by atoms with E-state index in [1.807, 2.05) is 11.1 Å². The summed E-state index contributed by atoms with van der Waals surface area (Å²) in [5.41, 5.74) is 6.66. The van der Waals surface area contributed by atoms with Gasteiger partial charge in [0.15, 0.2) is 18.2 Å². The Morgan fingerprint density at radius 2 is 1.73 bits per heavy atom. The zero-order chi connectivity index (χ0) is 18.5. The molecule has 0 fully saturated rings. The average molecular weight is 356 g/mol. The third-order valence-corrected chi connectivity index (χ3v) is 5.15. The van der Waals surface area contributed by atoms with Crippen LogP contribution in [0.25, 0.3) is 0 Å². The summed E-state index contributed by atoms with van der Waals surface area (Å²) in [4.78, 5) is 0. The van der Waals surface area contributed by atoms with Crippen LogP contribution in [0.1, 0.15) is 25.0 Å². The number of halogens is 1. The molecule has 0 aromatic heterocycles. The minimum absolute atomic E-state index is 0.0658. The monoisotopic (exact) mass is 356 g/mol. The van der Waals surface area contributed by atoms with E-state index in [0.717, 1.165) is 29.3 Å². The number of ether oxygens (including phenoxy) is 2. The Labute approximate surface area is 152 Å². The third kappa shape index (κ3) is 2.57. The molecule has 0 bridgehead atoms. The molecule has 2 aliphatic rings. The van der Waals surface area contributed by atoms with E-state index in [0.29, 0.717) is 12.4 Å². The summed E-state index contributed by atoms with van der Waals surface area (Å²) < 4.78 is 26.6. The van der Waals surface area contributed by atoms with Gasteiger partial charge in [0.05, 0.1) is 25.5 Å². The first-order valence-corrected chi connectivity index (χ1v) is 8.62. The van der Waals surface area contributed by atoms with Crippen molar-refractivity contribution in [2.45, 2.75) is 25.8 Å². The predicted molar refractivity (Wildman–Crippen MR) is 98.6 cm³/mol. The maximum atomic E-state index is 13.3. The second-order valence-corrected chi connectivity index (χ2v) is 7.29. The van der Waals surface area contributed by atoms with Crippen LogP contribution in [0.15, 0.2) is 36.4 Å². The van der Waals surface area contributed by atoms with E-state index in [1.54, 1.807) is 26.4 Å². The Kier molecular flexibility index (Phi) is 3.79. The summed E-state index contributed by atoms with van der Waals surface area (Å²) in [6.45, 7) is 5.13. The number of benzene rings is 2. The molecular formula is C20H23FN3O2+. The van der Waals surface area contributed by atoms with Gasteiger partial charge >= 0.3 is 5.84 Å². The number of hydrogen-bond acceptors (Lipinski definition) is 4. The van der Waals surface area contributed by atoms with Gasteiger partial charge in [0.1, 0.15) is 11.4 Å². The number of hydrogen-bond donors (Lipinski definition) is 1. The quantitative estimate of drug-likeness (QED) is 0.858. The van der Waals surface area contributed by atoms with Crippen LogP contribution in [-0.2, 0) is 6.42 Å². The van der Waals surface area contributed by atoms with Crippen molar-refractivity contribution in [3.05, 3.63) is 53.3 Å². The SMILES string of the molecule is COc1cc2c(cc1OC)C1=[N+](CN(c3ccc(F)cc3)N1)C(C)(C)C2. The van der Waals surface area contributed by atoms with Gasteiger partial charge < -0.3 is 9.47 Å². The lowest BCUT2D eigenvalue weighted by Gasteiger charge is -2.30. The fraction of sp³-hybridized carbons (Fsp3) is 0.350. The van der Waals surface area contributed by atoms with Gasteiger partial charge in [0, 0.05) is 6.42 Å². The zero-order valence-electron chi connectivity index (χ0n) is 15.5. The Balaban J connectivity index is 1.77. The minimum Gasteiger partial charge on any atom is -0.493 e. The van der Waals surface area contributed by atoms with Gasteiger partial charge in [-0.25, -0.2) is 8.97 Å². The van der Waals surface area contributed by atoms with Crippen molar-refractivity contribution >= 4 is 11.5 Å². The van der Waals surface area contributed by atoms with Crippen molar-refractivity contribution in [3.8, 4) is 11.5 Å². The van der Waals surface area contributed by atoms with E-state index >= 15 is 0 Å². The molecule has 1 N–H and O–H groups in total. The highest BCUT2D eigenvalue weighted by Crippen LogP contribution is 2.36. The molecule has 4 rings (SSSR count). The molecule has 2 heterocycles. The highest BCUT2D eigenvalue weighted by Gasteiger charge is 2.44. The molecule has 136 valence electrons. The number of amidine groups is 1. The molecule has 5 nitrogen and oxygen atoms in total. The predicted octanol–water partition coefficient (Wildman–Crippen LogP) is 2.92. The van der Waals surface area contributed by atoms with Crippen LogP contribution in [0, 0.1) is 5.82 Å². The second kappa shape index (κ2) is 5.90. The van der Waals surface area contributed by atoms with Crippen LogP contribution < -0.4 is 19.9 Å². The second-order valence-electron chi connectivity index (χ2n) is 7.29. The summed E-state index contributed by atoms with van der Waals surface area (Å²) in [6, 6.07) is 10.6. The summed E-state index contributed by atoms with van der Waals surface area (Å²) in [6.07, 6.45) is 0.894. The summed E-state index contributed by atoms with van der Waals surface area (Å²) >= 11 is 0. The lowest BCUT2D eigenvalue weighted by atomic mass is 9.87. The topological polar surface area (TPSA) is 36.7 Å². The first-order chi connectivity index (χ1) is 12.4. The van der Waals surface area contributed by atoms with Crippen LogP contribution in [0.4, 0.5) is 10.1 Å². The van der Waals surface area contributed by atoms with Crippen molar-refractivity contribution in [3.63, 3.8) is 0 Å². The lowest BCUT2D eigenvalue weighted by molar-refractivity contribution is -0.595. The number of nitrogens with zero attached hydrogens (tertiary/aromatic N) is 2. The smallest absolute Gasteiger partial charge is 0.303 e. The van der Waals surface area contributed by atoms with Gasteiger partial charge in [-0.1, -0.05) is 0 Å². The van der Waals surface area contributed by atoms with Gasteiger partial charge in [-0.05, 0) is 55.8 Å². The molecule has 2 aliphatic heterocycles. The highest BCUT2D eigenvalue weighted by atomic mass is 19.1. The van der Waals surface area contributed by atoms with Crippen LogP contribution in [0.5, 0.6) is 11.5 Å². The molecule has 0 saturated heterocycles. The number of anilines is 1. The lowest BCUT2D eigenvalue weighted by Crippen LogP contribution is -2.45. The molecule has 6 heteroatoms. The molecule has 2 aromatic carbocycles. The summed E-state index contributed by atoms with van der Waals surface area (Å²) in [5.74, 6) is 2.24. The fourth-order valence-corrected chi connectivity index (χ4v) is 3.75. The minimum atomic E-state index is -0.235. The number of hydrazine groups is 1. The molecule has 0 amide bonds. The molecule has 0 radical (unpaired) electrons. The average Bonchev–Trinajstić information content (AvgIpc) is 3.08. The van der Waals surface area contributed by atoms with Crippen LogP contribution in [0.3, 0.4) is 0 Å². The number of rotatable bonds is 3. The maximum absolute atomic E-state index is 13.3. The van der Waals surface area contributed by atoms with Crippen LogP contribution in [0.2, 0.25) is 0 Å². The van der Waals surface area contributed by atoms with Crippen molar-refractivity contribution in [2.75, 3.05) is 25.9 Å². The van der Waals surface area contributed by atoms with E-state index in [4.69, 9.17) is 9.47 Å². The first kappa shape index (κ1) is 16.7. The summed E-state index contributed by atoms with van der Waals surface area (Å²) in [5, 5.41) is 2.03. The van der Waals surface area contributed by atoms with E-state index in [-0.39, 0.29) is 11.4 Å². The third-order valence-electron chi connectivity index (χ3n) is 5.15. The Morgan fingerprint density at radius 3 is 2.38 bits per heavy atom. The van der Waals surface area contributed by atoms with Crippen LogP contribution in [-0.4, -0.2) is 36.8 Å². The Bertz CT molecular complexity index is 891. The highest BCUT2D eigenvalue weighted by molar-refractivity contribution is 5.99. The Hall–Kier alpha value is -2.76. The van der Waals surface area contributed by atoms with E-state index < -0.39 is 0 Å². The number of nitrogens with one attached hydrogen (secondary N) is 1. The van der Waals surface area contributed by atoms with Crippen molar-refractivity contribution < 1.29 is 18.4 Å². The standard InChI is InChI=1S/C20H22FN3O2/c1-20(2)11-13-9-17(25-3)18(26-4)10-16(13)19-22-24(12-23(19)20)15-7-5-14(21)6-8-15/h5-10H,11-12H2,1-4H3/p+1. The largest absolute Gasteiger partial charge is 0.493 e. The maximum Gasteiger partial charge on any atom is 0.303 e. The first-order valence-electron chi connectivity index (χ1n) is 8.62. The number of fused-ring (bicyclic) bond motifs is 2. The van der Waals surface area contributed by atoms with E-state index in [9.17, 15) is 4.39 Å². The van der Waals surface area contributed by atoms with Crippen molar-refractivity contribution in [1.29, 1.82) is 0 Å². The molecule has 2 aromatic rings.